The number of hydrogen-bond donors (Lipinski definition) is 0. The van der Waals surface area contributed by atoms with Gasteiger partial charge in [-0.1, -0.05) is 231 Å². The fraction of sp³-hybridized carbons (Fsp3) is 0.590. The van der Waals surface area contributed by atoms with Gasteiger partial charge in [0, 0.05) is 19.3 Å². The van der Waals surface area contributed by atoms with Crippen molar-refractivity contribution < 1.29 is 28.6 Å². The average molecular weight is 925 g/mol. The molecule has 0 saturated heterocycles. The first-order valence-electron chi connectivity index (χ1n) is 26.7. The smallest absolute Gasteiger partial charge is 0.306 e. The lowest BCUT2D eigenvalue weighted by Crippen LogP contribution is -2.30. The Balaban J connectivity index is 4.53. The molecule has 67 heavy (non-hydrogen) atoms. The number of ether oxygens (including phenoxy) is 3. The summed E-state index contributed by atoms with van der Waals surface area (Å²) in [5.41, 5.74) is 0. The molecule has 376 valence electrons. The lowest BCUT2D eigenvalue weighted by Gasteiger charge is -2.18. The van der Waals surface area contributed by atoms with Gasteiger partial charge in [-0.3, -0.25) is 14.4 Å². The maximum Gasteiger partial charge on any atom is 0.306 e. The molecule has 6 nitrogen and oxygen atoms in total. The number of rotatable bonds is 46. The highest BCUT2D eigenvalue weighted by Gasteiger charge is 2.19. The van der Waals surface area contributed by atoms with Gasteiger partial charge in [0.05, 0.1) is 0 Å². The van der Waals surface area contributed by atoms with E-state index in [2.05, 4.69) is 142 Å². The molecule has 6 heteroatoms. The van der Waals surface area contributed by atoms with E-state index in [-0.39, 0.29) is 38.0 Å². The molecule has 1 unspecified atom stereocenters. The van der Waals surface area contributed by atoms with Crippen LogP contribution in [0, 0.1) is 0 Å². The second-order valence-electron chi connectivity index (χ2n) is 17.0. The third-order valence-corrected chi connectivity index (χ3v) is 10.7. The highest BCUT2D eigenvalue weighted by molar-refractivity contribution is 5.71. The maximum atomic E-state index is 12.8. The molecule has 0 N–H and O–H groups in total. The molecule has 0 rings (SSSR count). The van der Waals surface area contributed by atoms with Crippen LogP contribution in [0.25, 0.3) is 0 Å². The van der Waals surface area contributed by atoms with Crippen LogP contribution < -0.4 is 0 Å². The summed E-state index contributed by atoms with van der Waals surface area (Å²) < 4.78 is 16.7. The van der Waals surface area contributed by atoms with Crippen molar-refractivity contribution in [1.82, 2.24) is 0 Å². The Hall–Kier alpha value is -4.45. The Labute approximate surface area is 411 Å². The summed E-state index contributed by atoms with van der Waals surface area (Å²) in [5.74, 6) is -1.08. The zero-order valence-corrected chi connectivity index (χ0v) is 42.9. The fourth-order valence-corrected chi connectivity index (χ4v) is 6.74. The van der Waals surface area contributed by atoms with Crippen LogP contribution in [0.15, 0.2) is 134 Å². The SMILES string of the molecule is CC/C=C\C/C=C\C/C=C\C/C=C\C/C=C\C/C=C\C/C=C\CCCC(=O)OCC(COC(=O)CCCCCCCCCCCCCCC)OC(=O)CC/C=C\C/C=C\C/C=C\C/C=C\CC. The first kappa shape index (κ1) is 62.5. The van der Waals surface area contributed by atoms with Gasteiger partial charge in [-0.15, -0.1) is 0 Å². The van der Waals surface area contributed by atoms with Crippen molar-refractivity contribution in [3.05, 3.63) is 134 Å². The first-order valence-corrected chi connectivity index (χ1v) is 26.7. The Morgan fingerprint density at radius 1 is 0.313 bits per heavy atom. The monoisotopic (exact) mass is 925 g/mol. The van der Waals surface area contributed by atoms with Crippen LogP contribution in [-0.4, -0.2) is 37.2 Å². The van der Waals surface area contributed by atoms with Crippen LogP contribution in [0.5, 0.6) is 0 Å². The predicted molar refractivity (Wildman–Crippen MR) is 288 cm³/mol. The molecule has 1 atom stereocenters. The van der Waals surface area contributed by atoms with Crippen molar-refractivity contribution in [2.45, 2.75) is 219 Å². The third kappa shape index (κ3) is 52.4. The zero-order chi connectivity index (χ0) is 48.6. The summed E-state index contributed by atoms with van der Waals surface area (Å²) in [7, 11) is 0. The van der Waals surface area contributed by atoms with Gasteiger partial charge >= 0.3 is 17.9 Å². The largest absolute Gasteiger partial charge is 0.462 e. The molecule has 0 aliphatic rings. The minimum atomic E-state index is -0.842. The predicted octanol–water partition coefficient (Wildman–Crippen LogP) is 17.9. The molecule has 0 aliphatic heterocycles. The van der Waals surface area contributed by atoms with Crippen molar-refractivity contribution >= 4 is 17.9 Å². The average Bonchev–Trinajstić information content (AvgIpc) is 3.33. The van der Waals surface area contributed by atoms with Crippen molar-refractivity contribution in [3.63, 3.8) is 0 Å². The van der Waals surface area contributed by atoms with Gasteiger partial charge in [-0.05, 0) is 96.3 Å². The molecular weight excluding hydrogens is 829 g/mol. The Morgan fingerprint density at radius 3 is 0.970 bits per heavy atom. The molecule has 0 heterocycles. The lowest BCUT2D eigenvalue weighted by atomic mass is 10.0. The van der Waals surface area contributed by atoms with E-state index in [4.69, 9.17) is 14.2 Å². The van der Waals surface area contributed by atoms with E-state index in [9.17, 15) is 14.4 Å². The Bertz CT molecular complexity index is 1480. The van der Waals surface area contributed by atoms with E-state index < -0.39 is 12.1 Å². The van der Waals surface area contributed by atoms with Crippen LogP contribution in [0.1, 0.15) is 213 Å². The lowest BCUT2D eigenvalue weighted by molar-refractivity contribution is -0.166. The maximum absolute atomic E-state index is 12.8. The summed E-state index contributed by atoms with van der Waals surface area (Å²) in [6.45, 7) is 6.28. The summed E-state index contributed by atoms with van der Waals surface area (Å²) in [4.78, 5) is 37.9. The molecule has 0 spiro atoms. The molecule has 0 aromatic carbocycles. The van der Waals surface area contributed by atoms with Crippen LogP contribution in [0.3, 0.4) is 0 Å². The second kappa shape index (κ2) is 54.2. The number of hydrogen-bond acceptors (Lipinski definition) is 6. The summed E-state index contributed by atoms with van der Waals surface area (Å²) in [6, 6.07) is 0. The van der Waals surface area contributed by atoms with Gasteiger partial charge < -0.3 is 14.2 Å². The van der Waals surface area contributed by atoms with E-state index in [1.165, 1.54) is 64.2 Å². The molecule has 0 fully saturated rings. The summed E-state index contributed by atoms with van der Waals surface area (Å²) >= 11 is 0. The van der Waals surface area contributed by atoms with Crippen LogP contribution in [0.2, 0.25) is 0 Å². The number of carbonyl (C=O) groups is 3. The molecule has 0 aliphatic carbocycles. The molecule has 0 bridgehead atoms. The van der Waals surface area contributed by atoms with Gasteiger partial charge in [0.25, 0.3) is 0 Å². The standard InChI is InChI=1S/C61H96O6/c1-4-7-10-13-16-19-22-25-26-27-28-29-30-31-32-33-34-37-39-42-45-48-51-54-60(63)66-57-58(67-61(64)55-52-49-46-43-40-36-24-21-18-15-12-9-6-3)56-65-59(62)53-50-47-44-41-38-35-23-20-17-14-11-8-5-2/h7,9-10,12,16,18-19,21,25-26,28-29,31-32,34,36-37,40,42,45-46,49,58H,4-6,8,11,13-15,17,20,22-24,27,30,33,35,38-39,41,43-44,47-48,50-57H2,1-3H3/b10-7-,12-9-,19-16-,21-18-,26-25-,29-28-,32-31-,37-34-,40-36-,45-42-,49-46-. The third-order valence-electron chi connectivity index (χ3n) is 10.7. The normalized spacial score (nSPS) is 13.2. The Kier molecular flexibility index (Phi) is 50.6. The van der Waals surface area contributed by atoms with Gasteiger partial charge in [-0.25, -0.2) is 0 Å². The van der Waals surface area contributed by atoms with Gasteiger partial charge in [0.1, 0.15) is 13.2 Å². The van der Waals surface area contributed by atoms with Crippen LogP contribution in [0.4, 0.5) is 0 Å². The topological polar surface area (TPSA) is 78.9 Å². The van der Waals surface area contributed by atoms with E-state index >= 15 is 0 Å². The highest BCUT2D eigenvalue weighted by Crippen LogP contribution is 2.14. The molecule has 0 saturated carbocycles. The van der Waals surface area contributed by atoms with E-state index in [1.807, 2.05) is 12.2 Å². The Morgan fingerprint density at radius 2 is 0.612 bits per heavy atom. The zero-order valence-electron chi connectivity index (χ0n) is 42.9. The second-order valence-corrected chi connectivity index (χ2v) is 17.0. The van der Waals surface area contributed by atoms with Crippen molar-refractivity contribution in [2.75, 3.05) is 13.2 Å². The van der Waals surface area contributed by atoms with Crippen molar-refractivity contribution in [2.24, 2.45) is 0 Å². The van der Waals surface area contributed by atoms with Gasteiger partial charge in [-0.2, -0.15) is 0 Å². The summed E-state index contributed by atoms with van der Waals surface area (Å²) in [6.07, 6.45) is 76.0. The molecule has 0 aromatic rings. The van der Waals surface area contributed by atoms with Gasteiger partial charge in [0.2, 0.25) is 0 Å². The molecule has 0 aromatic heterocycles. The fourth-order valence-electron chi connectivity index (χ4n) is 6.74. The number of esters is 3. The van der Waals surface area contributed by atoms with Crippen LogP contribution in [-0.2, 0) is 28.6 Å². The van der Waals surface area contributed by atoms with E-state index in [0.717, 1.165) is 96.3 Å². The van der Waals surface area contributed by atoms with E-state index in [1.54, 1.807) is 0 Å². The van der Waals surface area contributed by atoms with Crippen LogP contribution >= 0.6 is 0 Å². The highest BCUT2D eigenvalue weighted by atomic mass is 16.6. The van der Waals surface area contributed by atoms with Crippen molar-refractivity contribution in [3.8, 4) is 0 Å². The minimum absolute atomic E-state index is 0.127. The minimum Gasteiger partial charge on any atom is -0.462 e. The van der Waals surface area contributed by atoms with Crippen molar-refractivity contribution in [1.29, 1.82) is 0 Å². The quantitative estimate of drug-likeness (QED) is 0.0262. The summed E-state index contributed by atoms with van der Waals surface area (Å²) in [5, 5.41) is 0. The molecule has 0 radical (unpaired) electrons. The first-order chi connectivity index (χ1) is 33.0. The number of unbranched alkanes of at least 4 members (excludes halogenated alkanes) is 13. The van der Waals surface area contributed by atoms with E-state index in [0.29, 0.717) is 19.3 Å². The molecular formula is C61H96O6. The number of allylic oxidation sites excluding steroid dienone is 22. The molecule has 0 amide bonds. The van der Waals surface area contributed by atoms with Gasteiger partial charge in [0.15, 0.2) is 6.10 Å². The number of carbonyl (C=O) groups excluding carboxylic acids is 3.